The standard InChI is InChI=1S/C18H25N5OS/c1-23-17(15-8-5-10-19-12-15)21-22-18(23)25-13-16(24)20-11-9-14-6-3-2-4-7-14/h2-4,6-7,15,19H,5,8-13H2,1H3,(H,20,24). The second-order valence-corrected chi connectivity index (χ2v) is 7.26. The lowest BCUT2D eigenvalue weighted by Gasteiger charge is -2.21. The quantitative estimate of drug-likeness (QED) is 0.737. The molecule has 1 atom stereocenters. The average Bonchev–Trinajstić information content (AvgIpc) is 3.02. The zero-order chi connectivity index (χ0) is 17.5. The predicted molar refractivity (Wildman–Crippen MR) is 99.7 cm³/mol. The van der Waals surface area contributed by atoms with Gasteiger partial charge in [0.15, 0.2) is 5.16 Å². The van der Waals surface area contributed by atoms with E-state index in [-0.39, 0.29) is 5.91 Å². The third-order valence-electron chi connectivity index (χ3n) is 4.44. The maximum atomic E-state index is 12.0. The Morgan fingerprint density at radius 1 is 1.36 bits per heavy atom. The molecule has 2 aromatic rings. The molecule has 1 unspecified atom stereocenters. The molecule has 6 nitrogen and oxygen atoms in total. The molecule has 2 N–H and O–H groups in total. The van der Waals surface area contributed by atoms with Crippen LogP contribution in [0.4, 0.5) is 0 Å². The van der Waals surface area contributed by atoms with Crippen LogP contribution >= 0.6 is 11.8 Å². The lowest BCUT2D eigenvalue weighted by atomic mass is 9.99. The zero-order valence-corrected chi connectivity index (χ0v) is 15.4. The summed E-state index contributed by atoms with van der Waals surface area (Å²) in [7, 11) is 1.99. The maximum Gasteiger partial charge on any atom is 0.230 e. The van der Waals surface area contributed by atoms with Gasteiger partial charge in [-0.05, 0) is 31.4 Å². The summed E-state index contributed by atoms with van der Waals surface area (Å²) in [6, 6.07) is 10.2. The molecule has 0 aliphatic carbocycles. The van der Waals surface area contributed by atoms with Gasteiger partial charge in [-0.1, -0.05) is 42.1 Å². The van der Waals surface area contributed by atoms with E-state index < -0.39 is 0 Å². The summed E-state index contributed by atoms with van der Waals surface area (Å²) < 4.78 is 2.03. The van der Waals surface area contributed by atoms with Crippen molar-refractivity contribution in [3.8, 4) is 0 Å². The van der Waals surface area contributed by atoms with Gasteiger partial charge in [0, 0.05) is 26.1 Å². The molecule has 1 aromatic carbocycles. The van der Waals surface area contributed by atoms with Gasteiger partial charge in [0.1, 0.15) is 5.82 Å². The number of hydrogen-bond acceptors (Lipinski definition) is 5. The van der Waals surface area contributed by atoms with Crippen molar-refractivity contribution in [2.75, 3.05) is 25.4 Å². The molecule has 1 aliphatic rings. The first-order valence-electron chi connectivity index (χ1n) is 8.77. The number of thioether (sulfide) groups is 1. The van der Waals surface area contributed by atoms with Crippen LogP contribution in [-0.4, -0.2) is 46.1 Å². The smallest absolute Gasteiger partial charge is 0.230 e. The van der Waals surface area contributed by atoms with Crippen molar-refractivity contribution in [2.45, 2.75) is 30.3 Å². The number of hydrogen-bond donors (Lipinski definition) is 2. The Bertz CT molecular complexity index is 682. The fraction of sp³-hybridized carbons (Fsp3) is 0.500. The molecule has 2 heterocycles. The molecule has 1 fully saturated rings. The van der Waals surface area contributed by atoms with E-state index in [2.05, 4.69) is 33.0 Å². The number of carbonyl (C=O) groups excluding carboxylic acids is 1. The van der Waals surface area contributed by atoms with Gasteiger partial charge < -0.3 is 15.2 Å². The van der Waals surface area contributed by atoms with E-state index in [4.69, 9.17) is 0 Å². The topological polar surface area (TPSA) is 71.8 Å². The van der Waals surface area contributed by atoms with Crippen LogP contribution < -0.4 is 10.6 Å². The van der Waals surface area contributed by atoms with Crippen molar-refractivity contribution in [2.24, 2.45) is 7.05 Å². The molecule has 1 aromatic heterocycles. The normalized spacial score (nSPS) is 17.4. The molecule has 1 saturated heterocycles. The van der Waals surface area contributed by atoms with Gasteiger partial charge in [0.25, 0.3) is 0 Å². The predicted octanol–water partition coefficient (Wildman–Crippen LogP) is 1.73. The summed E-state index contributed by atoms with van der Waals surface area (Å²) in [5.41, 5.74) is 1.23. The van der Waals surface area contributed by atoms with Gasteiger partial charge in [-0.25, -0.2) is 0 Å². The van der Waals surface area contributed by atoms with Gasteiger partial charge in [-0.15, -0.1) is 10.2 Å². The molecule has 25 heavy (non-hydrogen) atoms. The van der Waals surface area contributed by atoms with Gasteiger partial charge in [0.2, 0.25) is 5.91 Å². The monoisotopic (exact) mass is 359 g/mol. The highest BCUT2D eigenvalue weighted by atomic mass is 32.2. The first-order chi connectivity index (χ1) is 12.2. The summed E-state index contributed by atoms with van der Waals surface area (Å²) >= 11 is 1.44. The summed E-state index contributed by atoms with van der Waals surface area (Å²) in [5.74, 6) is 1.83. The Morgan fingerprint density at radius 2 is 2.20 bits per heavy atom. The van der Waals surface area contributed by atoms with Gasteiger partial charge in [0.05, 0.1) is 5.75 Å². The van der Waals surface area contributed by atoms with E-state index in [1.807, 2.05) is 29.8 Å². The number of rotatable bonds is 7. The summed E-state index contributed by atoms with van der Waals surface area (Å²) in [6.45, 7) is 2.69. The molecular weight excluding hydrogens is 334 g/mol. The van der Waals surface area contributed by atoms with E-state index in [0.717, 1.165) is 36.9 Å². The number of nitrogens with zero attached hydrogens (tertiary/aromatic N) is 3. The third-order valence-corrected chi connectivity index (χ3v) is 5.46. The minimum Gasteiger partial charge on any atom is -0.355 e. The van der Waals surface area contributed by atoms with E-state index >= 15 is 0 Å². The Labute approximate surface area is 152 Å². The Hall–Kier alpha value is -1.86. The molecule has 0 saturated carbocycles. The first-order valence-corrected chi connectivity index (χ1v) is 9.76. The van der Waals surface area contributed by atoms with Crippen LogP contribution in [0, 0.1) is 0 Å². The molecular formula is C18H25N5OS. The highest BCUT2D eigenvalue weighted by Gasteiger charge is 2.21. The van der Waals surface area contributed by atoms with Crippen molar-refractivity contribution in [1.82, 2.24) is 25.4 Å². The average molecular weight is 359 g/mol. The lowest BCUT2D eigenvalue weighted by molar-refractivity contribution is -0.118. The molecule has 0 radical (unpaired) electrons. The van der Waals surface area contributed by atoms with Gasteiger partial charge in [-0.3, -0.25) is 4.79 Å². The third kappa shape index (κ3) is 5.06. The number of aromatic nitrogens is 3. The molecule has 1 amide bonds. The largest absolute Gasteiger partial charge is 0.355 e. The van der Waals surface area contributed by atoms with Crippen molar-refractivity contribution < 1.29 is 4.79 Å². The SMILES string of the molecule is Cn1c(SCC(=O)NCCc2ccccc2)nnc1C1CCCNC1. The van der Waals surface area contributed by atoms with Crippen molar-refractivity contribution in [3.05, 3.63) is 41.7 Å². The number of nitrogens with one attached hydrogen (secondary N) is 2. The highest BCUT2D eigenvalue weighted by molar-refractivity contribution is 7.99. The number of piperidine rings is 1. The molecule has 3 rings (SSSR count). The highest BCUT2D eigenvalue weighted by Crippen LogP contribution is 2.24. The lowest BCUT2D eigenvalue weighted by Crippen LogP contribution is -2.30. The minimum atomic E-state index is 0.0322. The number of amides is 1. The molecule has 0 bridgehead atoms. The Kier molecular flexibility index (Phi) is 6.47. The van der Waals surface area contributed by atoms with E-state index in [1.165, 1.54) is 23.7 Å². The molecule has 0 spiro atoms. The summed E-state index contributed by atoms with van der Waals surface area (Å²) in [6.07, 6.45) is 3.16. The van der Waals surface area contributed by atoms with Crippen LogP contribution in [0.2, 0.25) is 0 Å². The Balaban J connectivity index is 1.43. The van der Waals surface area contributed by atoms with Crippen molar-refractivity contribution >= 4 is 17.7 Å². The molecule has 1 aliphatic heterocycles. The van der Waals surface area contributed by atoms with Gasteiger partial charge >= 0.3 is 0 Å². The second kappa shape index (κ2) is 9.01. The zero-order valence-electron chi connectivity index (χ0n) is 14.6. The second-order valence-electron chi connectivity index (χ2n) is 6.32. The van der Waals surface area contributed by atoms with Crippen LogP contribution in [0.5, 0.6) is 0 Å². The number of carbonyl (C=O) groups is 1. The summed E-state index contributed by atoms with van der Waals surface area (Å²) in [4.78, 5) is 12.0. The van der Waals surface area contributed by atoms with Crippen LogP contribution in [-0.2, 0) is 18.3 Å². The fourth-order valence-corrected chi connectivity index (χ4v) is 3.80. The van der Waals surface area contributed by atoms with Crippen molar-refractivity contribution in [1.29, 1.82) is 0 Å². The first kappa shape index (κ1) is 17.9. The summed E-state index contributed by atoms with van der Waals surface area (Å²) in [5, 5.41) is 15.8. The van der Waals surface area contributed by atoms with Crippen molar-refractivity contribution in [3.63, 3.8) is 0 Å². The van der Waals surface area contributed by atoms with Crippen LogP contribution in [0.15, 0.2) is 35.5 Å². The van der Waals surface area contributed by atoms with Crippen LogP contribution in [0.25, 0.3) is 0 Å². The molecule has 134 valence electrons. The van der Waals surface area contributed by atoms with Gasteiger partial charge in [-0.2, -0.15) is 0 Å². The van der Waals surface area contributed by atoms with E-state index in [9.17, 15) is 4.79 Å². The molecule has 7 heteroatoms. The van der Waals surface area contributed by atoms with Crippen LogP contribution in [0.3, 0.4) is 0 Å². The van der Waals surface area contributed by atoms with Crippen LogP contribution in [0.1, 0.15) is 30.1 Å². The Morgan fingerprint density at radius 3 is 2.96 bits per heavy atom. The minimum absolute atomic E-state index is 0.0322. The fourth-order valence-electron chi connectivity index (χ4n) is 3.05. The van der Waals surface area contributed by atoms with E-state index in [0.29, 0.717) is 18.2 Å². The maximum absolute atomic E-state index is 12.0. The number of benzene rings is 1. The van der Waals surface area contributed by atoms with E-state index in [1.54, 1.807) is 0 Å².